The van der Waals surface area contributed by atoms with Crippen molar-refractivity contribution in [3.63, 3.8) is 0 Å². The molecule has 2 N–H and O–H groups in total. The zero-order chi connectivity index (χ0) is 22.2. The quantitative estimate of drug-likeness (QED) is 0.468. The standard InChI is InChI=1S/C25H30Cl2O4/c1-17-12-21(8-11-25(17)31-16-23(29)14-27)20-4-2-18(3-5-20)19-6-9-24(10-7-19)30-15-22(28)13-26/h4,6-12,18,22-23,28-29H,2-3,5,13-16H2,1H3. The Kier molecular flexibility index (Phi) is 9.09. The molecule has 0 spiro atoms. The number of aliphatic hydroxyl groups excluding tert-OH is 2. The third-order valence-corrected chi connectivity index (χ3v) is 6.25. The van der Waals surface area contributed by atoms with Crippen LogP contribution < -0.4 is 9.47 Å². The lowest BCUT2D eigenvalue weighted by Gasteiger charge is -2.23. The number of aryl methyl sites for hydroxylation is 1. The highest BCUT2D eigenvalue weighted by Crippen LogP contribution is 2.37. The second kappa shape index (κ2) is 11.8. The van der Waals surface area contributed by atoms with E-state index in [0.717, 1.165) is 36.3 Å². The molecule has 4 nitrogen and oxygen atoms in total. The SMILES string of the molecule is Cc1cc(C2=CCC(c3ccc(OCC(O)CCl)cc3)CC2)ccc1OCC(O)CCl. The van der Waals surface area contributed by atoms with Crippen molar-refractivity contribution in [3.8, 4) is 11.5 Å². The van der Waals surface area contributed by atoms with Gasteiger partial charge >= 0.3 is 0 Å². The van der Waals surface area contributed by atoms with Gasteiger partial charge in [0.05, 0.1) is 11.8 Å². The van der Waals surface area contributed by atoms with Crippen LogP contribution >= 0.6 is 23.2 Å². The molecule has 1 aliphatic rings. The van der Waals surface area contributed by atoms with Crippen LogP contribution in [0.1, 0.15) is 41.9 Å². The van der Waals surface area contributed by atoms with E-state index in [-0.39, 0.29) is 25.0 Å². The van der Waals surface area contributed by atoms with Crippen LogP contribution in [0.15, 0.2) is 48.5 Å². The fourth-order valence-electron chi connectivity index (χ4n) is 3.71. The van der Waals surface area contributed by atoms with E-state index in [4.69, 9.17) is 32.7 Å². The Morgan fingerprint density at radius 3 is 2.23 bits per heavy atom. The number of alkyl halides is 2. The monoisotopic (exact) mass is 464 g/mol. The van der Waals surface area contributed by atoms with E-state index in [1.165, 1.54) is 16.7 Å². The average Bonchev–Trinajstić information content (AvgIpc) is 2.82. The van der Waals surface area contributed by atoms with E-state index < -0.39 is 12.2 Å². The zero-order valence-corrected chi connectivity index (χ0v) is 19.3. The Balaban J connectivity index is 1.58. The molecule has 0 bridgehead atoms. The summed E-state index contributed by atoms with van der Waals surface area (Å²) in [5.74, 6) is 2.35. The van der Waals surface area contributed by atoms with Crippen LogP contribution in [0.25, 0.3) is 5.57 Å². The first kappa shape index (κ1) is 23.9. The van der Waals surface area contributed by atoms with E-state index in [2.05, 4.69) is 30.3 Å². The molecule has 0 aromatic heterocycles. The molecular formula is C25H30Cl2O4. The summed E-state index contributed by atoms with van der Waals surface area (Å²) in [6, 6.07) is 14.3. The highest BCUT2D eigenvalue weighted by Gasteiger charge is 2.18. The number of benzene rings is 2. The number of halogens is 2. The van der Waals surface area contributed by atoms with Crippen LogP contribution in [-0.4, -0.2) is 47.4 Å². The largest absolute Gasteiger partial charge is 0.491 e. The van der Waals surface area contributed by atoms with Crippen molar-refractivity contribution in [3.05, 3.63) is 65.2 Å². The van der Waals surface area contributed by atoms with Gasteiger partial charge in [0.25, 0.3) is 0 Å². The minimum atomic E-state index is -0.656. The fourth-order valence-corrected chi connectivity index (χ4v) is 3.89. The number of hydrogen-bond donors (Lipinski definition) is 2. The number of aliphatic hydroxyl groups is 2. The zero-order valence-electron chi connectivity index (χ0n) is 17.8. The third-order valence-electron chi connectivity index (χ3n) is 5.54. The summed E-state index contributed by atoms with van der Waals surface area (Å²) >= 11 is 11.2. The topological polar surface area (TPSA) is 58.9 Å². The second-order valence-electron chi connectivity index (χ2n) is 7.99. The summed E-state index contributed by atoms with van der Waals surface area (Å²) in [5, 5.41) is 19.1. The molecule has 0 saturated carbocycles. The molecule has 3 rings (SSSR count). The number of rotatable bonds is 10. The van der Waals surface area contributed by atoms with Gasteiger partial charge in [0, 0.05) is 0 Å². The molecule has 0 aliphatic heterocycles. The van der Waals surface area contributed by atoms with Gasteiger partial charge in [-0.15, -0.1) is 23.2 Å². The molecule has 0 amide bonds. The van der Waals surface area contributed by atoms with Crippen molar-refractivity contribution < 1.29 is 19.7 Å². The third kappa shape index (κ3) is 6.88. The number of allylic oxidation sites excluding steroid dienone is 2. The maximum Gasteiger partial charge on any atom is 0.122 e. The Hall–Kier alpha value is -1.72. The molecule has 0 saturated heterocycles. The molecule has 1 aliphatic carbocycles. The Morgan fingerprint density at radius 1 is 0.968 bits per heavy atom. The lowest BCUT2D eigenvalue weighted by Crippen LogP contribution is -2.19. The molecule has 0 radical (unpaired) electrons. The van der Waals surface area contributed by atoms with Gasteiger partial charge in [-0.05, 0) is 78.6 Å². The summed E-state index contributed by atoms with van der Waals surface area (Å²) in [7, 11) is 0. The lowest BCUT2D eigenvalue weighted by molar-refractivity contribution is 0.125. The van der Waals surface area contributed by atoms with Crippen LogP contribution in [0.2, 0.25) is 0 Å². The van der Waals surface area contributed by atoms with Crippen molar-refractivity contribution in [2.75, 3.05) is 25.0 Å². The van der Waals surface area contributed by atoms with E-state index in [9.17, 15) is 10.2 Å². The Labute approximate surface area is 194 Å². The molecule has 0 fully saturated rings. The summed E-state index contributed by atoms with van der Waals surface area (Å²) in [4.78, 5) is 0. The van der Waals surface area contributed by atoms with Gasteiger partial charge in [0.1, 0.15) is 36.9 Å². The van der Waals surface area contributed by atoms with E-state index in [1.807, 2.05) is 25.1 Å². The molecule has 0 heterocycles. The van der Waals surface area contributed by atoms with Crippen LogP contribution in [0.5, 0.6) is 11.5 Å². The Morgan fingerprint density at radius 2 is 1.65 bits per heavy atom. The summed E-state index contributed by atoms with van der Waals surface area (Å²) in [6.07, 6.45) is 4.15. The summed E-state index contributed by atoms with van der Waals surface area (Å²) in [5.41, 5.74) is 4.94. The van der Waals surface area contributed by atoms with E-state index in [0.29, 0.717) is 5.92 Å². The summed E-state index contributed by atoms with van der Waals surface area (Å²) < 4.78 is 11.2. The normalized spacial score (nSPS) is 18.2. The lowest BCUT2D eigenvalue weighted by atomic mass is 9.82. The van der Waals surface area contributed by atoms with Crippen molar-refractivity contribution in [1.82, 2.24) is 0 Å². The van der Waals surface area contributed by atoms with Crippen molar-refractivity contribution in [2.24, 2.45) is 0 Å². The predicted molar refractivity (Wildman–Crippen MR) is 127 cm³/mol. The van der Waals surface area contributed by atoms with Crippen LogP contribution in [0.4, 0.5) is 0 Å². The van der Waals surface area contributed by atoms with Gasteiger partial charge < -0.3 is 19.7 Å². The average molecular weight is 465 g/mol. The van der Waals surface area contributed by atoms with Crippen molar-refractivity contribution in [2.45, 2.75) is 44.3 Å². The molecule has 168 valence electrons. The Bertz CT molecular complexity index is 866. The van der Waals surface area contributed by atoms with E-state index >= 15 is 0 Å². The molecular weight excluding hydrogens is 435 g/mol. The van der Waals surface area contributed by atoms with Gasteiger partial charge in [-0.3, -0.25) is 0 Å². The number of hydrogen-bond acceptors (Lipinski definition) is 4. The van der Waals surface area contributed by atoms with Crippen LogP contribution in [0.3, 0.4) is 0 Å². The molecule has 2 aromatic rings. The first-order valence-corrected chi connectivity index (χ1v) is 11.7. The first-order chi connectivity index (χ1) is 15.0. The van der Waals surface area contributed by atoms with Gasteiger partial charge in [-0.1, -0.05) is 24.3 Å². The summed E-state index contributed by atoms with van der Waals surface area (Å²) in [6.45, 7) is 2.42. The predicted octanol–water partition coefficient (Wildman–Crippen LogP) is 5.30. The van der Waals surface area contributed by atoms with Gasteiger partial charge in [-0.2, -0.15) is 0 Å². The second-order valence-corrected chi connectivity index (χ2v) is 8.61. The maximum atomic E-state index is 9.57. The number of ether oxygens (including phenoxy) is 2. The van der Waals surface area contributed by atoms with Crippen molar-refractivity contribution >= 4 is 28.8 Å². The highest BCUT2D eigenvalue weighted by molar-refractivity contribution is 6.18. The van der Waals surface area contributed by atoms with Crippen LogP contribution in [-0.2, 0) is 0 Å². The first-order valence-electron chi connectivity index (χ1n) is 10.6. The molecule has 6 heteroatoms. The van der Waals surface area contributed by atoms with Crippen LogP contribution in [0, 0.1) is 6.92 Å². The minimum Gasteiger partial charge on any atom is -0.491 e. The minimum absolute atomic E-state index is 0.165. The van der Waals surface area contributed by atoms with Crippen molar-refractivity contribution in [1.29, 1.82) is 0 Å². The smallest absolute Gasteiger partial charge is 0.122 e. The highest BCUT2D eigenvalue weighted by atomic mass is 35.5. The van der Waals surface area contributed by atoms with Gasteiger partial charge in [-0.25, -0.2) is 0 Å². The van der Waals surface area contributed by atoms with E-state index in [1.54, 1.807) is 0 Å². The maximum absolute atomic E-state index is 9.57. The van der Waals surface area contributed by atoms with Gasteiger partial charge in [0.15, 0.2) is 0 Å². The van der Waals surface area contributed by atoms with Gasteiger partial charge in [0.2, 0.25) is 0 Å². The molecule has 31 heavy (non-hydrogen) atoms. The molecule has 3 unspecified atom stereocenters. The molecule has 2 aromatic carbocycles. The molecule has 3 atom stereocenters. The fraction of sp³-hybridized carbons (Fsp3) is 0.440.